The first kappa shape index (κ1) is 16.2. The van der Waals surface area contributed by atoms with Crippen LogP contribution in [0.5, 0.6) is 0 Å². The van der Waals surface area contributed by atoms with Crippen LogP contribution in [0.1, 0.15) is 18.5 Å². The third-order valence-electron chi connectivity index (χ3n) is 4.24. The fraction of sp³-hybridized carbons (Fsp3) is 0.588. The van der Waals surface area contributed by atoms with Gasteiger partial charge in [0.25, 0.3) is 5.91 Å². The number of nitrogens with one attached hydrogen (secondary N) is 1. The number of morpholine rings is 1. The highest BCUT2D eigenvalue weighted by molar-refractivity contribution is 5.81. The molecule has 2 aliphatic rings. The van der Waals surface area contributed by atoms with Gasteiger partial charge in [-0.1, -0.05) is 12.1 Å². The highest BCUT2D eigenvalue weighted by Gasteiger charge is 2.24. The van der Waals surface area contributed by atoms with Crippen molar-refractivity contribution in [2.24, 2.45) is 0 Å². The minimum absolute atomic E-state index is 0.0632. The number of hydrogen-bond donors (Lipinski definition) is 1. The van der Waals surface area contributed by atoms with E-state index in [1.54, 1.807) is 0 Å². The molecule has 0 bridgehead atoms. The van der Waals surface area contributed by atoms with Crippen LogP contribution in [0.3, 0.4) is 0 Å². The molecule has 0 aromatic heterocycles. The van der Waals surface area contributed by atoms with E-state index in [9.17, 15) is 4.79 Å². The number of benzene rings is 1. The summed E-state index contributed by atoms with van der Waals surface area (Å²) in [6.45, 7) is 6.73. The van der Waals surface area contributed by atoms with Crippen LogP contribution in [-0.2, 0) is 19.0 Å². The maximum absolute atomic E-state index is 12.2. The van der Waals surface area contributed by atoms with Crippen LogP contribution < -0.4 is 10.2 Å². The lowest BCUT2D eigenvalue weighted by atomic mass is 10.1. The molecule has 2 heterocycles. The molecule has 1 aromatic rings. The standard InChI is InChI=1S/C17H24N2O4/c1-13(18-17(20)16-12-22-10-11-23-16)14-2-4-15(5-3-14)19-6-8-21-9-7-19/h2-5,13,16H,6-12H2,1H3,(H,18,20). The highest BCUT2D eigenvalue weighted by atomic mass is 16.6. The summed E-state index contributed by atoms with van der Waals surface area (Å²) in [7, 11) is 0. The minimum Gasteiger partial charge on any atom is -0.378 e. The summed E-state index contributed by atoms with van der Waals surface area (Å²) in [6.07, 6.45) is -0.501. The van der Waals surface area contributed by atoms with Crippen LogP contribution >= 0.6 is 0 Å². The van der Waals surface area contributed by atoms with E-state index in [2.05, 4.69) is 34.5 Å². The van der Waals surface area contributed by atoms with Gasteiger partial charge in [-0.2, -0.15) is 0 Å². The molecule has 0 spiro atoms. The van der Waals surface area contributed by atoms with Crippen LogP contribution in [-0.4, -0.2) is 58.1 Å². The topological polar surface area (TPSA) is 60.0 Å². The molecule has 6 heteroatoms. The molecule has 23 heavy (non-hydrogen) atoms. The van der Waals surface area contributed by atoms with Gasteiger partial charge in [0.15, 0.2) is 6.10 Å². The van der Waals surface area contributed by atoms with E-state index in [-0.39, 0.29) is 11.9 Å². The molecule has 1 aromatic carbocycles. The molecule has 2 unspecified atom stereocenters. The molecular weight excluding hydrogens is 296 g/mol. The number of rotatable bonds is 4. The maximum Gasteiger partial charge on any atom is 0.252 e. The van der Waals surface area contributed by atoms with Crippen LogP contribution in [0.25, 0.3) is 0 Å². The van der Waals surface area contributed by atoms with Crippen LogP contribution in [0.4, 0.5) is 5.69 Å². The Kier molecular flexibility index (Phi) is 5.48. The van der Waals surface area contributed by atoms with Crippen molar-refractivity contribution < 1.29 is 19.0 Å². The van der Waals surface area contributed by atoms with Crippen molar-refractivity contribution in [2.75, 3.05) is 51.0 Å². The predicted molar refractivity (Wildman–Crippen MR) is 86.6 cm³/mol. The molecule has 2 saturated heterocycles. The molecule has 0 saturated carbocycles. The van der Waals surface area contributed by atoms with E-state index in [0.717, 1.165) is 31.9 Å². The van der Waals surface area contributed by atoms with Crippen LogP contribution in [0.2, 0.25) is 0 Å². The quantitative estimate of drug-likeness (QED) is 0.901. The summed E-state index contributed by atoms with van der Waals surface area (Å²) < 4.78 is 16.1. The van der Waals surface area contributed by atoms with Gasteiger partial charge in [-0.3, -0.25) is 4.79 Å². The van der Waals surface area contributed by atoms with Crippen molar-refractivity contribution in [3.8, 4) is 0 Å². The van der Waals surface area contributed by atoms with Gasteiger partial charge in [0.1, 0.15) is 0 Å². The molecule has 1 N–H and O–H groups in total. The first-order chi connectivity index (χ1) is 11.2. The second kappa shape index (κ2) is 7.77. The fourth-order valence-electron chi connectivity index (χ4n) is 2.82. The van der Waals surface area contributed by atoms with E-state index < -0.39 is 6.10 Å². The molecule has 2 fully saturated rings. The van der Waals surface area contributed by atoms with Gasteiger partial charge in [-0.05, 0) is 24.6 Å². The molecule has 1 amide bonds. The van der Waals surface area contributed by atoms with Gasteiger partial charge in [-0.25, -0.2) is 0 Å². The molecule has 0 aliphatic carbocycles. The average molecular weight is 320 g/mol. The lowest BCUT2D eigenvalue weighted by Gasteiger charge is -2.29. The zero-order chi connectivity index (χ0) is 16.1. The number of nitrogens with zero attached hydrogens (tertiary/aromatic N) is 1. The van der Waals surface area contributed by atoms with Gasteiger partial charge in [-0.15, -0.1) is 0 Å². The SMILES string of the molecule is CC(NC(=O)C1COCCO1)c1ccc(N2CCOCC2)cc1. The first-order valence-corrected chi connectivity index (χ1v) is 8.16. The van der Waals surface area contributed by atoms with Crippen LogP contribution in [0, 0.1) is 0 Å². The Morgan fingerprint density at radius 3 is 2.52 bits per heavy atom. The summed E-state index contributed by atoms with van der Waals surface area (Å²) in [5, 5.41) is 2.99. The van der Waals surface area contributed by atoms with Crippen molar-refractivity contribution >= 4 is 11.6 Å². The van der Waals surface area contributed by atoms with E-state index in [0.29, 0.717) is 19.8 Å². The number of amides is 1. The lowest BCUT2D eigenvalue weighted by molar-refractivity contribution is -0.148. The number of ether oxygens (including phenoxy) is 3. The fourth-order valence-corrected chi connectivity index (χ4v) is 2.82. The second-order valence-electron chi connectivity index (χ2n) is 5.86. The first-order valence-electron chi connectivity index (χ1n) is 8.16. The summed E-state index contributed by atoms with van der Waals surface area (Å²) in [4.78, 5) is 14.5. The Hall–Kier alpha value is -1.63. The van der Waals surface area contributed by atoms with Crippen molar-refractivity contribution in [1.82, 2.24) is 5.32 Å². The normalized spacial score (nSPS) is 23.3. The molecule has 126 valence electrons. The maximum atomic E-state index is 12.2. The molecule has 3 rings (SSSR count). The second-order valence-corrected chi connectivity index (χ2v) is 5.86. The highest BCUT2D eigenvalue weighted by Crippen LogP contribution is 2.20. The van der Waals surface area contributed by atoms with Gasteiger partial charge >= 0.3 is 0 Å². The van der Waals surface area contributed by atoms with Gasteiger partial charge in [0, 0.05) is 18.8 Å². The molecule has 2 atom stereocenters. The Morgan fingerprint density at radius 1 is 1.13 bits per heavy atom. The Bertz CT molecular complexity index is 508. The Balaban J connectivity index is 1.56. The van der Waals surface area contributed by atoms with E-state index in [1.807, 2.05) is 6.92 Å². The third-order valence-corrected chi connectivity index (χ3v) is 4.24. The van der Waals surface area contributed by atoms with Gasteiger partial charge < -0.3 is 24.4 Å². The average Bonchev–Trinajstić information content (AvgIpc) is 2.63. The molecule has 0 radical (unpaired) electrons. The van der Waals surface area contributed by atoms with Gasteiger partial charge in [0.2, 0.25) is 0 Å². The number of carbonyl (C=O) groups excluding carboxylic acids is 1. The summed E-state index contributed by atoms with van der Waals surface area (Å²) in [6, 6.07) is 8.27. The van der Waals surface area contributed by atoms with Crippen molar-refractivity contribution in [3.63, 3.8) is 0 Å². The van der Waals surface area contributed by atoms with Crippen molar-refractivity contribution in [2.45, 2.75) is 19.1 Å². The summed E-state index contributed by atoms with van der Waals surface area (Å²) >= 11 is 0. The van der Waals surface area contributed by atoms with Crippen molar-refractivity contribution in [1.29, 1.82) is 0 Å². The zero-order valence-electron chi connectivity index (χ0n) is 13.5. The summed E-state index contributed by atoms with van der Waals surface area (Å²) in [5.74, 6) is -0.116. The summed E-state index contributed by atoms with van der Waals surface area (Å²) in [5.41, 5.74) is 2.27. The smallest absolute Gasteiger partial charge is 0.252 e. The monoisotopic (exact) mass is 320 g/mol. The third kappa shape index (κ3) is 4.22. The molecular formula is C17H24N2O4. The van der Waals surface area contributed by atoms with E-state index >= 15 is 0 Å². The van der Waals surface area contributed by atoms with Gasteiger partial charge in [0.05, 0.1) is 39.1 Å². The van der Waals surface area contributed by atoms with Crippen molar-refractivity contribution in [3.05, 3.63) is 29.8 Å². The number of hydrogen-bond acceptors (Lipinski definition) is 5. The minimum atomic E-state index is -0.501. The zero-order valence-corrected chi connectivity index (χ0v) is 13.5. The lowest BCUT2D eigenvalue weighted by Crippen LogP contribution is -2.43. The molecule has 6 nitrogen and oxygen atoms in total. The van der Waals surface area contributed by atoms with E-state index in [1.165, 1.54) is 5.69 Å². The number of anilines is 1. The number of carbonyl (C=O) groups is 1. The van der Waals surface area contributed by atoms with E-state index in [4.69, 9.17) is 14.2 Å². The molecule has 2 aliphatic heterocycles. The Morgan fingerprint density at radius 2 is 1.87 bits per heavy atom. The largest absolute Gasteiger partial charge is 0.378 e. The Labute approximate surface area is 136 Å². The predicted octanol–water partition coefficient (Wildman–Crippen LogP) is 1.12. The van der Waals surface area contributed by atoms with Crippen LogP contribution in [0.15, 0.2) is 24.3 Å².